The van der Waals surface area contributed by atoms with E-state index in [1.807, 2.05) is 0 Å². The molecule has 3 rings (SSSR count). The van der Waals surface area contributed by atoms with Gasteiger partial charge in [0, 0.05) is 30.9 Å². The number of anilines is 2. The summed E-state index contributed by atoms with van der Waals surface area (Å²) in [4.78, 5) is 37.5. The summed E-state index contributed by atoms with van der Waals surface area (Å²) in [5.41, 5.74) is -0.288. The summed E-state index contributed by atoms with van der Waals surface area (Å²) in [6.45, 7) is 2.16. The molecule has 10 heteroatoms. The van der Waals surface area contributed by atoms with E-state index in [-0.39, 0.29) is 31.2 Å². The van der Waals surface area contributed by atoms with Gasteiger partial charge in [-0.3, -0.25) is 14.4 Å². The van der Waals surface area contributed by atoms with Crippen molar-refractivity contribution in [3.63, 3.8) is 0 Å². The molecule has 2 aromatic rings. The number of amides is 3. The number of hydrogen-bond acceptors (Lipinski definition) is 4. The molecule has 2 aromatic carbocycles. The monoisotopic (exact) mass is 449 g/mol. The van der Waals surface area contributed by atoms with Gasteiger partial charge in [-0.2, -0.15) is 13.2 Å². The lowest BCUT2D eigenvalue weighted by molar-refractivity contribution is -0.137. The lowest BCUT2D eigenvalue weighted by Gasteiger charge is -2.18. The molecule has 3 amide bonds. The molecule has 2 N–H and O–H groups in total. The molecule has 0 saturated carbocycles. The number of nitrogens with one attached hydrogen (secondary N) is 2. The van der Waals surface area contributed by atoms with Crippen molar-refractivity contribution in [1.29, 1.82) is 0 Å². The number of likely N-dealkylation sites (N-methyl/N-ethyl adjacent to an activating group) is 1. The molecule has 7 nitrogen and oxygen atoms in total. The smallest absolute Gasteiger partial charge is 0.416 e. The molecular weight excluding hydrogens is 427 g/mol. The molecule has 0 spiro atoms. The van der Waals surface area contributed by atoms with Gasteiger partial charge in [0.25, 0.3) is 5.91 Å². The summed E-state index contributed by atoms with van der Waals surface area (Å²) in [5, 5.41) is 5.30. The number of benzene rings is 2. The van der Waals surface area contributed by atoms with Crippen LogP contribution in [0.15, 0.2) is 48.5 Å². The Morgan fingerprint density at radius 3 is 2.53 bits per heavy atom. The highest BCUT2D eigenvalue weighted by atomic mass is 19.4. The lowest BCUT2D eigenvalue weighted by atomic mass is 10.1. The molecule has 1 fully saturated rings. The van der Waals surface area contributed by atoms with Crippen molar-refractivity contribution in [2.45, 2.75) is 19.5 Å². The summed E-state index contributed by atoms with van der Waals surface area (Å²) in [7, 11) is 0. The highest BCUT2D eigenvalue weighted by molar-refractivity contribution is 6.03. The Morgan fingerprint density at radius 2 is 1.88 bits per heavy atom. The molecule has 0 radical (unpaired) electrons. The maximum Gasteiger partial charge on any atom is 0.416 e. The molecule has 32 heavy (non-hydrogen) atoms. The molecule has 0 aliphatic carbocycles. The maximum absolute atomic E-state index is 13.0. The van der Waals surface area contributed by atoms with Crippen LogP contribution in [0.2, 0.25) is 0 Å². The van der Waals surface area contributed by atoms with Crippen molar-refractivity contribution in [3.8, 4) is 5.75 Å². The van der Waals surface area contributed by atoms with E-state index in [1.165, 1.54) is 17.0 Å². The van der Waals surface area contributed by atoms with E-state index < -0.39 is 29.5 Å². The largest absolute Gasteiger partial charge is 0.484 e. The van der Waals surface area contributed by atoms with Crippen molar-refractivity contribution in [1.82, 2.24) is 5.32 Å². The fourth-order valence-corrected chi connectivity index (χ4v) is 3.26. The standard InChI is InChI=1S/C22H22F3N3O4/c1-2-26-19(29)13-32-18-8-6-16(7-9-18)27-21(31)14-10-20(30)28(12-14)17-5-3-4-15(11-17)22(23,24)25/h3-9,11,14H,2,10,12-13H2,1H3,(H,26,29)(H,27,31). The van der Waals surface area contributed by atoms with Gasteiger partial charge in [-0.05, 0) is 49.4 Å². The fraction of sp³-hybridized carbons (Fsp3) is 0.318. The number of carbonyl (C=O) groups excluding carboxylic acids is 3. The molecule has 1 aliphatic heterocycles. The first-order valence-electron chi connectivity index (χ1n) is 9.95. The zero-order valence-corrected chi connectivity index (χ0v) is 17.2. The number of carbonyl (C=O) groups is 3. The van der Waals surface area contributed by atoms with Crippen molar-refractivity contribution in [2.24, 2.45) is 5.92 Å². The van der Waals surface area contributed by atoms with E-state index in [4.69, 9.17) is 4.74 Å². The Bertz CT molecular complexity index is 993. The summed E-state index contributed by atoms with van der Waals surface area (Å²) in [6, 6.07) is 10.8. The second kappa shape index (κ2) is 9.71. The highest BCUT2D eigenvalue weighted by Crippen LogP contribution is 2.33. The van der Waals surface area contributed by atoms with Gasteiger partial charge in [0.2, 0.25) is 11.8 Å². The van der Waals surface area contributed by atoms with Crippen LogP contribution in [0.1, 0.15) is 18.9 Å². The van der Waals surface area contributed by atoms with Gasteiger partial charge in [0.05, 0.1) is 11.5 Å². The van der Waals surface area contributed by atoms with Crippen molar-refractivity contribution >= 4 is 29.1 Å². The van der Waals surface area contributed by atoms with Gasteiger partial charge in [-0.25, -0.2) is 0 Å². The molecule has 170 valence electrons. The zero-order valence-electron chi connectivity index (χ0n) is 17.2. The molecule has 0 aromatic heterocycles. The third-order valence-corrected chi connectivity index (χ3v) is 4.85. The minimum absolute atomic E-state index is 0.0142. The van der Waals surface area contributed by atoms with E-state index in [1.54, 1.807) is 31.2 Å². The molecule has 1 heterocycles. The lowest BCUT2D eigenvalue weighted by Crippen LogP contribution is -2.28. The van der Waals surface area contributed by atoms with Crippen molar-refractivity contribution < 1.29 is 32.3 Å². The van der Waals surface area contributed by atoms with E-state index in [0.29, 0.717) is 18.0 Å². The SMILES string of the molecule is CCNC(=O)COc1ccc(NC(=O)C2CC(=O)N(c3cccc(C(F)(F)F)c3)C2)cc1. The molecular formula is C22H22F3N3O4. The van der Waals surface area contributed by atoms with Crippen LogP contribution in [0.4, 0.5) is 24.5 Å². The van der Waals surface area contributed by atoms with Crippen molar-refractivity contribution in [3.05, 3.63) is 54.1 Å². The predicted molar refractivity (Wildman–Crippen MR) is 111 cm³/mol. The second-order valence-electron chi connectivity index (χ2n) is 7.21. The molecule has 1 atom stereocenters. The van der Waals surface area contributed by atoms with Crippen LogP contribution in [0.25, 0.3) is 0 Å². The normalized spacial score (nSPS) is 16.1. The molecule has 1 aliphatic rings. The summed E-state index contributed by atoms with van der Waals surface area (Å²) >= 11 is 0. The Hall–Kier alpha value is -3.56. The predicted octanol–water partition coefficient (Wildman–Crippen LogP) is 3.21. The van der Waals surface area contributed by atoms with E-state index in [0.717, 1.165) is 12.1 Å². The van der Waals surface area contributed by atoms with Crippen LogP contribution in [0.5, 0.6) is 5.75 Å². The number of rotatable bonds is 7. The van der Waals surface area contributed by atoms with Gasteiger partial charge >= 0.3 is 6.18 Å². The number of alkyl halides is 3. The van der Waals surface area contributed by atoms with E-state index in [9.17, 15) is 27.6 Å². The third-order valence-electron chi connectivity index (χ3n) is 4.85. The number of ether oxygens (including phenoxy) is 1. The quantitative estimate of drug-likeness (QED) is 0.680. The first kappa shape index (κ1) is 23.1. The topological polar surface area (TPSA) is 87.7 Å². The van der Waals surface area contributed by atoms with Crippen molar-refractivity contribution in [2.75, 3.05) is 29.9 Å². The minimum Gasteiger partial charge on any atom is -0.484 e. The fourth-order valence-electron chi connectivity index (χ4n) is 3.26. The van der Waals surface area contributed by atoms with E-state index in [2.05, 4.69) is 10.6 Å². The van der Waals surface area contributed by atoms with Crippen LogP contribution in [0.3, 0.4) is 0 Å². The Kier molecular flexibility index (Phi) is 7.01. The van der Waals surface area contributed by atoms with Gasteiger partial charge in [-0.15, -0.1) is 0 Å². The Balaban J connectivity index is 1.59. The summed E-state index contributed by atoms with van der Waals surface area (Å²) < 4.78 is 44.2. The van der Waals surface area contributed by atoms with Crippen LogP contribution in [-0.4, -0.2) is 37.4 Å². The molecule has 0 bridgehead atoms. The minimum atomic E-state index is -4.52. The Morgan fingerprint density at radius 1 is 1.16 bits per heavy atom. The summed E-state index contributed by atoms with van der Waals surface area (Å²) in [5.74, 6) is -1.34. The van der Waals surface area contributed by atoms with E-state index >= 15 is 0 Å². The van der Waals surface area contributed by atoms with Gasteiger partial charge in [0.1, 0.15) is 5.75 Å². The van der Waals surface area contributed by atoms with Gasteiger partial charge in [0.15, 0.2) is 6.61 Å². The Labute approximate surface area is 182 Å². The van der Waals surface area contributed by atoms with Gasteiger partial charge in [-0.1, -0.05) is 6.07 Å². The molecule has 1 unspecified atom stereocenters. The zero-order chi connectivity index (χ0) is 23.3. The average molecular weight is 449 g/mol. The van der Waals surface area contributed by atoms with Crippen LogP contribution >= 0.6 is 0 Å². The van der Waals surface area contributed by atoms with Gasteiger partial charge < -0.3 is 20.3 Å². The number of hydrogen-bond donors (Lipinski definition) is 2. The number of nitrogens with zero attached hydrogens (tertiary/aromatic N) is 1. The summed E-state index contributed by atoms with van der Waals surface area (Å²) in [6.07, 6.45) is -4.62. The van der Waals surface area contributed by atoms with Crippen LogP contribution < -0.4 is 20.3 Å². The van der Waals surface area contributed by atoms with Crippen LogP contribution in [0, 0.1) is 5.92 Å². The highest BCUT2D eigenvalue weighted by Gasteiger charge is 2.37. The van der Waals surface area contributed by atoms with Crippen LogP contribution in [-0.2, 0) is 20.6 Å². The first-order chi connectivity index (χ1) is 15.2. The first-order valence-corrected chi connectivity index (χ1v) is 9.95. The average Bonchev–Trinajstić information content (AvgIpc) is 3.15. The second-order valence-corrected chi connectivity index (χ2v) is 7.21. The number of halogens is 3. The maximum atomic E-state index is 13.0. The molecule has 1 saturated heterocycles. The third kappa shape index (κ3) is 5.77.